The summed E-state index contributed by atoms with van der Waals surface area (Å²) in [6.45, 7) is 0.857. The van der Waals surface area contributed by atoms with E-state index in [0.717, 1.165) is 17.6 Å². The van der Waals surface area contributed by atoms with E-state index in [1.165, 1.54) is 38.5 Å². The van der Waals surface area contributed by atoms with Gasteiger partial charge in [-0.15, -0.1) is 0 Å². The lowest BCUT2D eigenvalue weighted by molar-refractivity contribution is 0.380. The van der Waals surface area contributed by atoms with Crippen LogP contribution in [0, 0.1) is 5.92 Å². The number of aromatic nitrogens is 5. The van der Waals surface area contributed by atoms with Crippen molar-refractivity contribution in [2.24, 2.45) is 5.92 Å². The maximum absolute atomic E-state index is 11.2. The van der Waals surface area contributed by atoms with E-state index in [1.54, 1.807) is 6.20 Å². The van der Waals surface area contributed by atoms with Gasteiger partial charge in [-0.1, -0.05) is 30.8 Å². The summed E-state index contributed by atoms with van der Waals surface area (Å²) in [6, 6.07) is 3.81. The summed E-state index contributed by atoms with van der Waals surface area (Å²) in [5.41, 5.74) is 1.45. The lowest BCUT2D eigenvalue weighted by Crippen LogP contribution is -2.12. The van der Waals surface area contributed by atoms with Crippen molar-refractivity contribution >= 4 is 11.0 Å². The Bertz CT molecular complexity index is 855. The summed E-state index contributed by atoms with van der Waals surface area (Å²) < 4.78 is 6.56. The first-order valence-electron chi connectivity index (χ1n) is 8.19. The van der Waals surface area contributed by atoms with Crippen molar-refractivity contribution in [3.05, 3.63) is 28.9 Å². The van der Waals surface area contributed by atoms with Crippen molar-refractivity contribution in [1.82, 2.24) is 24.9 Å². The molecule has 3 heterocycles. The average Bonchev–Trinajstić information content (AvgIpc) is 3.04. The smallest absolute Gasteiger partial charge is 0.296 e. The molecule has 0 spiro atoms. The number of H-pyrrole nitrogens is 1. The SMILES string of the molecule is O=c1[nH]c(-c2nn(CC3CCCCCC3)c3ncccc23)no1. The number of nitrogens with zero attached hydrogens (tertiary/aromatic N) is 4. The number of aromatic amines is 1. The average molecular weight is 313 g/mol. The Balaban J connectivity index is 1.73. The van der Waals surface area contributed by atoms with Gasteiger partial charge in [0.15, 0.2) is 5.65 Å². The van der Waals surface area contributed by atoms with Crippen LogP contribution in [0.2, 0.25) is 0 Å². The van der Waals surface area contributed by atoms with E-state index < -0.39 is 5.76 Å². The maximum Gasteiger partial charge on any atom is 0.439 e. The van der Waals surface area contributed by atoms with Crippen molar-refractivity contribution in [3.8, 4) is 11.5 Å². The molecule has 3 aromatic heterocycles. The van der Waals surface area contributed by atoms with E-state index in [2.05, 4.69) is 24.7 Å². The van der Waals surface area contributed by atoms with Crippen LogP contribution in [0.1, 0.15) is 38.5 Å². The van der Waals surface area contributed by atoms with E-state index in [-0.39, 0.29) is 0 Å². The number of hydrogen-bond acceptors (Lipinski definition) is 5. The summed E-state index contributed by atoms with van der Waals surface area (Å²) in [4.78, 5) is 18.3. The van der Waals surface area contributed by atoms with Gasteiger partial charge in [-0.25, -0.2) is 14.5 Å². The molecule has 0 atom stereocenters. The molecule has 0 aliphatic heterocycles. The predicted molar refractivity (Wildman–Crippen MR) is 84.8 cm³/mol. The fraction of sp³-hybridized carbons (Fsp3) is 0.500. The molecule has 1 saturated carbocycles. The zero-order valence-electron chi connectivity index (χ0n) is 12.9. The van der Waals surface area contributed by atoms with Gasteiger partial charge in [0.25, 0.3) is 0 Å². The van der Waals surface area contributed by atoms with Crippen molar-refractivity contribution in [2.75, 3.05) is 0 Å². The fourth-order valence-electron chi connectivity index (χ4n) is 3.43. The highest BCUT2D eigenvalue weighted by molar-refractivity contribution is 5.88. The van der Waals surface area contributed by atoms with Gasteiger partial charge in [-0.05, 0) is 30.9 Å². The number of hydrogen-bond donors (Lipinski definition) is 1. The molecule has 0 bridgehead atoms. The van der Waals surface area contributed by atoms with Crippen LogP contribution in [0.25, 0.3) is 22.6 Å². The van der Waals surface area contributed by atoms with Gasteiger partial charge < -0.3 is 0 Å². The van der Waals surface area contributed by atoms with Crippen molar-refractivity contribution < 1.29 is 4.52 Å². The highest BCUT2D eigenvalue weighted by atomic mass is 16.5. The van der Waals surface area contributed by atoms with Crippen LogP contribution in [-0.2, 0) is 6.54 Å². The molecule has 0 radical (unpaired) electrons. The van der Waals surface area contributed by atoms with Crippen LogP contribution >= 0.6 is 0 Å². The molecule has 1 aliphatic rings. The lowest BCUT2D eigenvalue weighted by atomic mass is 10.0. The van der Waals surface area contributed by atoms with Crippen LogP contribution in [0.5, 0.6) is 0 Å². The van der Waals surface area contributed by atoms with Gasteiger partial charge in [-0.3, -0.25) is 9.51 Å². The normalized spacial score (nSPS) is 16.7. The number of pyridine rings is 1. The summed E-state index contributed by atoms with van der Waals surface area (Å²) in [6.07, 6.45) is 9.50. The predicted octanol–water partition coefficient (Wildman–Crippen LogP) is 2.75. The van der Waals surface area contributed by atoms with Gasteiger partial charge in [0.1, 0.15) is 5.69 Å². The van der Waals surface area contributed by atoms with Crippen LogP contribution in [0.15, 0.2) is 27.6 Å². The molecule has 0 amide bonds. The number of rotatable bonds is 3. The molecule has 1 N–H and O–H groups in total. The van der Waals surface area contributed by atoms with Crippen LogP contribution in [0.4, 0.5) is 0 Å². The van der Waals surface area contributed by atoms with Crippen molar-refractivity contribution in [1.29, 1.82) is 0 Å². The number of nitrogens with one attached hydrogen (secondary N) is 1. The van der Waals surface area contributed by atoms with Gasteiger partial charge in [0, 0.05) is 12.7 Å². The van der Waals surface area contributed by atoms with Crippen molar-refractivity contribution in [2.45, 2.75) is 45.1 Å². The van der Waals surface area contributed by atoms with Crippen LogP contribution in [0.3, 0.4) is 0 Å². The molecule has 0 saturated heterocycles. The summed E-state index contributed by atoms with van der Waals surface area (Å²) in [5.74, 6) is 0.412. The summed E-state index contributed by atoms with van der Waals surface area (Å²) in [5, 5.41) is 9.30. The minimum Gasteiger partial charge on any atom is -0.296 e. The highest BCUT2D eigenvalue weighted by Gasteiger charge is 2.19. The Morgan fingerprint density at radius 1 is 1.26 bits per heavy atom. The molecule has 4 rings (SSSR count). The van der Waals surface area contributed by atoms with Gasteiger partial charge >= 0.3 is 5.76 Å². The van der Waals surface area contributed by atoms with E-state index in [9.17, 15) is 4.79 Å². The van der Waals surface area contributed by atoms with Gasteiger partial charge in [-0.2, -0.15) is 5.10 Å². The van der Waals surface area contributed by atoms with Crippen molar-refractivity contribution in [3.63, 3.8) is 0 Å². The third kappa shape index (κ3) is 2.78. The van der Waals surface area contributed by atoms with Gasteiger partial charge in [0.2, 0.25) is 5.82 Å². The molecule has 23 heavy (non-hydrogen) atoms. The second-order valence-electron chi connectivity index (χ2n) is 6.21. The third-order valence-electron chi connectivity index (χ3n) is 4.58. The minimum atomic E-state index is -0.574. The van der Waals surface area contributed by atoms with Crippen LogP contribution < -0.4 is 5.76 Å². The van der Waals surface area contributed by atoms with Crippen LogP contribution in [-0.4, -0.2) is 24.9 Å². The third-order valence-corrected chi connectivity index (χ3v) is 4.58. The topological polar surface area (TPSA) is 89.6 Å². The zero-order chi connectivity index (χ0) is 15.6. The van der Waals surface area contributed by atoms with Gasteiger partial charge in [0.05, 0.1) is 5.39 Å². The Kier molecular flexibility index (Phi) is 3.69. The molecule has 0 unspecified atom stereocenters. The Morgan fingerprint density at radius 2 is 2.09 bits per heavy atom. The first-order chi connectivity index (χ1) is 11.3. The Morgan fingerprint density at radius 3 is 2.83 bits per heavy atom. The lowest BCUT2D eigenvalue weighted by Gasteiger charge is -2.14. The summed E-state index contributed by atoms with van der Waals surface area (Å²) >= 11 is 0. The Labute approximate surface area is 132 Å². The molecule has 7 heteroatoms. The largest absolute Gasteiger partial charge is 0.439 e. The first-order valence-corrected chi connectivity index (χ1v) is 8.19. The Hall–Kier alpha value is -2.44. The molecule has 3 aromatic rings. The highest BCUT2D eigenvalue weighted by Crippen LogP contribution is 2.28. The quantitative estimate of drug-likeness (QED) is 0.751. The molecule has 120 valence electrons. The number of fused-ring (bicyclic) bond motifs is 1. The second-order valence-corrected chi connectivity index (χ2v) is 6.21. The first kappa shape index (κ1) is 14.2. The molecule has 1 aliphatic carbocycles. The van der Waals surface area contributed by atoms with E-state index in [1.807, 2.05) is 16.8 Å². The second kappa shape index (κ2) is 5.98. The van der Waals surface area contributed by atoms with E-state index in [0.29, 0.717) is 17.4 Å². The van der Waals surface area contributed by atoms with E-state index in [4.69, 9.17) is 0 Å². The molecular formula is C16H19N5O2. The molecule has 0 aromatic carbocycles. The summed E-state index contributed by atoms with van der Waals surface area (Å²) in [7, 11) is 0. The molecule has 1 fully saturated rings. The monoisotopic (exact) mass is 313 g/mol. The fourth-order valence-corrected chi connectivity index (χ4v) is 3.43. The maximum atomic E-state index is 11.2. The molecular weight excluding hydrogens is 294 g/mol. The standard InChI is InChI=1S/C16H19N5O2/c22-16-18-14(20-23-16)13-12-8-5-9-17-15(12)21(19-13)10-11-6-3-1-2-4-7-11/h5,8-9,11H,1-4,6-7,10H2,(H,18,20,22). The minimum absolute atomic E-state index is 0.354. The zero-order valence-corrected chi connectivity index (χ0v) is 12.9. The molecule has 7 nitrogen and oxygen atoms in total. The van der Waals surface area contributed by atoms with E-state index >= 15 is 0 Å².